The molecule has 0 amide bonds. The van der Waals surface area contributed by atoms with Gasteiger partial charge in [0.25, 0.3) is 0 Å². The summed E-state index contributed by atoms with van der Waals surface area (Å²) in [5.41, 5.74) is 1.22. The van der Waals surface area contributed by atoms with Gasteiger partial charge in [0.05, 0.1) is 7.11 Å². The molecule has 16 heavy (non-hydrogen) atoms. The Balaban J connectivity index is 2.02. The number of hydrogen-bond acceptors (Lipinski definition) is 3. The molecule has 2 heterocycles. The van der Waals surface area contributed by atoms with Crippen molar-refractivity contribution in [3.05, 3.63) is 18.3 Å². The molecule has 0 aromatic carbocycles. The molecule has 0 bridgehead atoms. The predicted octanol–water partition coefficient (Wildman–Crippen LogP) is 2.70. The molecule has 0 radical (unpaired) electrons. The van der Waals surface area contributed by atoms with Gasteiger partial charge in [0.15, 0.2) is 0 Å². The van der Waals surface area contributed by atoms with Gasteiger partial charge < -0.3 is 9.64 Å². The number of pyridine rings is 1. The van der Waals surface area contributed by atoms with Crippen LogP contribution in [0.15, 0.2) is 18.3 Å². The SMILES string of the molecule is COc1cc(N2CCC(CBr)CC2)ccn1. The number of aromatic nitrogens is 1. The smallest absolute Gasteiger partial charge is 0.214 e. The van der Waals surface area contributed by atoms with Gasteiger partial charge in [-0.1, -0.05) is 15.9 Å². The van der Waals surface area contributed by atoms with E-state index in [4.69, 9.17) is 4.74 Å². The van der Waals surface area contributed by atoms with E-state index >= 15 is 0 Å². The Morgan fingerprint density at radius 3 is 2.88 bits per heavy atom. The third-order valence-electron chi connectivity index (χ3n) is 3.13. The van der Waals surface area contributed by atoms with Crippen molar-refractivity contribution in [1.29, 1.82) is 0 Å². The van der Waals surface area contributed by atoms with E-state index in [-0.39, 0.29) is 0 Å². The number of piperidine rings is 1. The summed E-state index contributed by atoms with van der Waals surface area (Å²) < 4.78 is 5.14. The summed E-state index contributed by atoms with van der Waals surface area (Å²) in [6, 6.07) is 4.06. The maximum Gasteiger partial charge on any atom is 0.214 e. The first kappa shape index (κ1) is 11.7. The summed E-state index contributed by atoms with van der Waals surface area (Å²) in [5.74, 6) is 1.53. The van der Waals surface area contributed by atoms with Gasteiger partial charge in [-0.2, -0.15) is 0 Å². The van der Waals surface area contributed by atoms with Crippen LogP contribution in [0.5, 0.6) is 5.88 Å². The number of anilines is 1. The predicted molar refractivity (Wildman–Crippen MR) is 69.5 cm³/mol. The van der Waals surface area contributed by atoms with Gasteiger partial charge in [0.2, 0.25) is 5.88 Å². The summed E-state index contributed by atoms with van der Waals surface area (Å²) in [5, 5.41) is 1.13. The van der Waals surface area contributed by atoms with E-state index in [1.165, 1.54) is 18.5 Å². The van der Waals surface area contributed by atoms with Crippen LogP contribution in [0.4, 0.5) is 5.69 Å². The third-order valence-corrected chi connectivity index (χ3v) is 4.04. The number of nitrogens with zero attached hydrogens (tertiary/aromatic N) is 2. The average molecular weight is 285 g/mol. The molecule has 0 N–H and O–H groups in total. The van der Waals surface area contributed by atoms with Gasteiger partial charge in [0, 0.05) is 36.4 Å². The van der Waals surface area contributed by atoms with Gasteiger partial charge in [-0.3, -0.25) is 0 Å². The highest BCUT2D eigenvalue weighted by atomic mass is 79.9. The van der Waals surface area contributed by atoms with E-state index in [0.717, 1.165) is 24.3 Å². The number of methoxy groups -OCH3 is 1. The largest absolute Gasteiger partial charge is 0.481 e. The van der Waals surface area contributed by atoms with Crippen LogP contribution in [0.1, 0.15) is 12.8 Å². The van der Waals surface area contributed by atoms with Crippen LogP contribution in [-0.4, -0.2) is 30.5 Å². The third kappa shape index (κ3) is 2.67. The summed E-state index contributed by atoms with van der Waals surface area (Å²) in [4.78, 5) is 6.53. The van der Waals surface area contributed by atoms with Gasteiger partial charge >= 0.3 is 0 Å². The van der Waals surface area contributed by atoms with Gasteiger partial charge in [-0.05, 0) is 24.8 Å². The Bertz CT molecular complexity index is 338. The van der Waals surface area contributed by atoms with E-state index in [0.29, 0.717) is 5.88 Å². The fraction of sp³-hybridized carbons (Fsp3) is 0.583. The van der Waals surface area contributed by atoms with E-state index in [1.54, 1.807) is 7.11 Å². The molecule has 1 aliphatic heterocycles. The first-order chi connectivity index (χ1) is 7.83. The van der Waals surface area contributed by atoms with Crippen LogP contribution >= 0.6 is 15.9 Å². The zero-order valence-corrected chi connectivity index (χ0v) is 11.1. The Kier molecular flexibility index (Phi) is 4.04. The van der Waals surface area contributed by atoms with Gasteiger partial charge in [-0.25, -0.2) is 4.98 Å². The molecule has 3 nitrogen and oxygen atoms in total. The number of halogens is 1. The second-order valence-electron chi connectivity index (χ2n) is 4.14. The highest BCUT2D eigenvalue weighted by molar-refractivity contribution is 9.09. The van der Waals surface area contributed by atoms with Crippen LogP contribution in [0, 0.1) is 5.92 Å². The lowest BCUT2D eigenvalue weighted by Crippen LogP contribution is -2.34. The van der Waals surface area contributed by atoms with Crippen molar-refractivity contribution in [2.75, 3.05) is 30.4 Å². The van der Waals surface area contributed by atoms with Gasteiger partial charge in [-0.15, -0.1) is 0 Å². The molecule has 1 aliphatic rings. The molecule has 0 atom stereocenters. The van der Waals surface area contributed by atoms with Crippen molar-refractivity contribution in [2.24, 2.45) is 5.92 Å². The van der Waals surface area contributed by atoms with Crippen molar-refractivity contribution in [3.8, 4) is 5.88 Å². The molecule has 0 spiro atoms. The molecule has 1 fully saturated rings. The van der Waals surface area contributed by atoms with Gasteiger partial charge in [0.1, 0.15) is 0 Å². The maximum atomic E-state index is 5.14. The summed E-state index contributed by atoms with van der Waals surface area (Å²) in [6.07, 6.45) is 4.33. The Morgan fingerprint density at radius 1 is 1.50 bits per heavy atom. The molecular formula is C12H17BrN2O. The fourth-order valence-electron chi connectivity index (χ4n) is 2.05. The monoisotopic (exact) mass is 284 g/mol. The Labute approximate surface area is 105 Å². The summed E-state index contributed by atoms with van der Waals surface area (Å²) in [6.45, 7) is 2.26. The van der Waals surface area contributed by atoms with Crippen LogP contribution in [0.3, 0.4) is 0 Å². The highest BCUT2D eigenvalue weighted by Crippen LogP contribution is 2.25. The van der Waals surface area contributed by atoms with Crippen LogP contribution in [0.25, 0.3) is 0 Å². The maximum absolute atomic E-state index is 5.14. The lowest BCUT2D eigenvalue weighted by atomic mass is 9.99. The topological polar surface area (TPSA) is 25.4 Å². The molecule has 4 heteroatoms. The zero-order chi connectivity index (χ0) is 11.4. The molecule has 0 unspecified atom stereocenters. The van der Waals surface area contributed by atoms with Crippen LogP contribution in [0.2, 0.25) is 0 Å². The fourth-order valence-corrected chi connectivity index (χ4v) is 2.70. The molecule has 88 valence electrons. The molecule has 0 aliphatic carbocycles. The first-order valence-electron chi connectivity index (χ1n) is 5.64. The van der Waals surface area contributed by atoms with Crippen LogP contribution in [-0.2, 0) is 0 Å². The first-order valence-corrected chi connectivity index (χ1v) is 6.76. The molecule has 1 aromatic rings. The molecule has 1 saturated heterocycles. The van der Waals surface area contributed by atoms with E-state index in [2.05, 4.69) is 31.9 Å². The Morgan fingerprint density at radius 2 is 2.25 bits per heavy atom. The molecular weight excluding hydrogens is 268 g/mol. The second kappa shape index (κ2) is 5.53. The number of alkyl halides is 1. The average Bonchev–Trinajstić information content (AvgIpc) is 2.39. The standard InChI is InChI=1S/C12H17BrN2O/c1-16-12-8-11(2-5-14-12)15-6-3-10(9-13)4-7-15/h2,5,8,10H,3-4,6-7,9H2,1H3. The van der Waals surface area contributed by atoms with Crippen molar-refractivity contribution >= 4 is 21.6 Å². The minimum Gasteiger partial charge on any atom is -0.481 e. The lowest BCUT2D eigenvalue weighted by molar-refractivity contribution is 0.397. The number of hydrogen-bond donors (Lipinski definition) is 0. The zero-order valence-electron chi connectivity index (χ0n) is 9.53. The molecule has 2 rings (SSSR count). The minimum atomic E-state index is 0.695. The number of rotatable bonds is 3. The highest BCUT2D eigenvalue weighted by Gasteiger charge is 2.18. The molecule has 1 aromatic heterocycles. The van der Waals surface area contributed by atoms with Crippen molar-refractivity contribution in [3.63, 3.8) is 0 Å². The summed E-state index contributed by atoms with van der Waals surface area (Å²) in [7, 11) is 1.66. The normalized spacial score (nSPS) is 17.5. The lowest BCUT2D eigenvalue weighted by Gasteiger charge is -2.32. The minimum absolute atomic E-state index is 0.695. The van der Waals surface area contributed by atoms with Crippen molar-refractivity contribution in [2.45, 2.75) is 12.8 Å². The van der Waals surface area contributed by atoms with Crippen molar-refractivity contribution in [1.82, 2.24) is 4.98 Å². The van der Waals surface area contributed by atoms with E-state index < -0.39 is 0 Å². The van der Waals surface area contributed by atoms with E-state index in [1.807, 2.05) is 12.3 Å². The molecule has 0 saturated carbocycles. The van der Waals surface area contributed by atoms with Crippen molar-refractivity contribution < 1.29 is 4.74 Å². The quantitative estimate of drug-likeness (QED) is 0.798. The van der Waals surface area contributed by atoms with Crippen LogP contribution < -0.4 is 9.64 Å². The summed E-state index contributed by atoms with van der Waals surface area (Å²) >= 11 is 3.56. The second-order valence-corrected chi connectivity index (χ2v) is 4.79. The Hall–Kier alpha value is -0.770. The number of ether oxygens (including phenoxy) is 1. The van der Waals surface area contributed by atoms with E-state index in [9.17, 15) is 0 Å².